The van der Waals surface area contributed by atoms with Gasteiger partial charge >= 0.3 is 5.69 Å². The van der Waals surface area contributed by atoms with Crippen molar-refractivity contribution in [1.82, 2.24) is 14.1 Å². The Hall–Kier alpha value is -2.41. The van der Waals surface area contributed by atoms with Gasteiger partial charge in [-0.25, -0.2) is 9.78 Å². The Kier molecular flexibility index (Phi) is 3.81. The average molecular weight is 375 g/mol. The number of aromatic nitrogens is 3. The summed E-state index contributed by atoms with van der Waals surface area (Å²) in [5.74, 6) is 0.430. The van der Waals surface area contributed by atoms with Crippen LogP contribution < -0.4 is 16.6 Å². The van der Waals surface area contributed by atoms with E-state index in [-0.39, 0.29) is 11.2 Å². The van der Waals surface area contributed by atoms with Crippen molar-refractivity contribution in [3.05, 3.63) is 61.3 Å². The number of hydrogen-bond acceptors (Lipinski definition) is 4. The summed E-state index contributed by atoms with van der Waals surface area (Å²) in [6.07, 6.45) is 1.58. The molecule has 0 saturated heterocycles. The highest BCUT2D eigenvalue weighted by atomic mass is 79.9. The first-order valence-corrected chi connectivity index (χ1v) is 7.78. The molecule has 0 bridgehead atoms. The molecule has 2 heterocycles. The van der Waals surface area contributed by atoms with Crippen LogP contribution in [0.2, 0.25) is 0 Å². The van der Waals surface area contributed by atoms with Gasteiger partial charge in [0.2, 0.25) is 0 Å². The monoisotopic (exact) mass is 374 g/mol. The standard InChI is InChI=1S/C16H15BrN4O2/c1-9-10(17)5-4-6-11(9)19-14-13-12(7-8-18-14)20(2)16(23)21(3)15(13)22/h4-8H,1-3H3,(H,18,19). The molecular formula is C16H15BrN4O2. The summed E-state index contributed by atoms with van der Waals surface area (Å²) in [6, 6.07) is 7.42. The summed E-state index contributed by atoms with van der Waals surface area (Å²) in [5.41, 5.74) is 1.66. The second-order valence-corrected chi connectivity index (χ2v) is 6.15. The Balaban J connectivity index is 2.29. The number of pyridine rings is 1. The molecule has 0 atom stereocenters. The predicted octanol–water partition coefficient (Wildman–Crippen LogP) is 2.45. The molecule has 0 fully saturated rings. The average Bonchev–Trinajstić information content (AvgIpc) is 2.55. The Morgan fingerprint density at radius 1 is 1.13 bits per heavy atom. The molecule has 0 aliphatic rings. The maximum Gasteiger partial charge on any atom is 0.330 e. The largest absolute Gasteiger partial charge is 0.339 e. The highest BCUT2D eigenvalue weighted by molar-refractivity contribution is 9.10. The molecule has 3 aromatic rings. The van der Waals surface area contributed by atoms with E-state index in [0.29, 0.717) is 16.7 Å². The predicted molar refractivity (Wildman–Crippen MR) is 94.4 cm³/mol. The van der Waals surface area contributed by atoms with Crippen LogP contribution in [0.3, 0.4) is 0 Å². The number of halogens is 1. The van der Waals surface area contributed by atoms with E-state index in [0.717, 1.165) is 20.3 Å². The van der Waals surface area contributed by atoms with Crippen molar-refractivity contribution in [2.45, 2.75) is 6.92 Å². The molecule has 1 aromatic carbocycles. The summed E-state index contributed by atoms with van der Waals surface area (Å²) in [5, 5.41) is 3.59. The number of hydrogen-bond donors (Lipinski definition) is 1. The number of fused-ring (bicyclic) bond motifs is 1. The smallest absolute Gasteiger partial charge is 0.330 e. The first kappa shape index (κ1) is 15.5. The van der Waals surface area contributed by atoms with Gasteiger partial charge in [-0.05, 0) is 30.7 Å². The molecule has 3 rings (SSSR count). The number of nitrogens with zero attached hydrogens (tertiary/aromatic N) is 3. The van der Waals surface area contributed by atoms with E-state index in [4.69, 9.17) is 0 Å². The molecule has 1 N–H and O–H groups in total. The molecule has 2 aromatic heterocycles. The van der Waals surface area contributed by atoms with Crippen molar-refractivity contribution in [2.75, 3.05) is 5.32 Å². The van der Waals surface area contributed by atoms with E-state index in [2.05, 4.69) is 26.2 Å². The lowest BCUT2D eigenvalue weighted by Crippen LogP contribution is -2.37. The number of rotatable bonds is 2. The lowest BCUT2D eigenvalue weighted by Gasteiger charge is -2.13. The Morgan fingerprint density at radius 2 is 1.87 bits per heavy atom. The fraction of sp³-hybridized carbons (Fsp3) is 0.188. The topological polar surface area (TPSA) is 68.9 Å². The van der Waals surface area contributed by atoms with Gasteiger partial charge in [0, 0.05) is 30.5 Å². The molecule has 0 spiro atoms. The maximum atomic E-state index is 12.5. The Labute approximate surface area is 140 Å². The Bertz CT molecular complexity index is 1040. The van der Waals surface area contributed by atoms with Gasteiger partial charge in [0.05, 0.1) is 5.52 Å². The van der Waals surface area contributed by atoms with Crippen LogP contribution in [0.4, 0.5) is 11.5 Å². The van der Waals surface area contributed by atoms with E-state index in [1.807, 2.05) is 25.1 Å². The van der Waals surface area contributed by atoms with Crippen LogP contribution >= 0.6 is 15.9 Å². The molecule has 6 nitrogen and oxygen atoms in total. The summed E-state index contributed by atoms with van der Waals surface area (Å²) < 4.78 is 3.49. The van der Waals surface area contributed by atoms with Crippen molar-refractivity contribution < 1.29 is 0 Å². The van der Waals surface area contributed by atoms with Crippen molar-refractivity contribution in [3.8, 4) is 0 Å². The van der Waals surface area contributed by atoms with E-state index in [9.17, 15) is 9.59 Å². The van der Waals surface area contributed by atoms with Gasteiger partial charge in [0.15, 0.2) is 0 Å². The molecule has 0 saturated carbocycles. The van der Waals surface area contributed by atoms with E-state index in [1.54, 1.807) is 19.3 Å². The van der Waals surface area contributed by atoms with Gasteiger partial charge in [-0.3, -0.25) is 13.9 Å². The second kappa shape index (κ2) is 5.66. The maximum absolute atomic E-state index is 12.5. The van der Waals surface area contributed by atoms with Crippen LogP contribution in [0.1, 0.15) is 5.56 Å². The van der Waals surface area contributed by atoms with E-state index in [1.165, 1.54) is 11.6 Å². The van der Waals surface area contributed by atoms with Crippen molar-refractivity contribution >= 4 is 38.3 Å². The van der Waals surface area contributed by atoms with Gasteiger partial charge in [-0.15, -0.1) is 0 Å². The molecular weight excluding hydrogens is 360 g/mol. The molecule has 0 unspecified atom stereocenters. The Morgan fingerprint density at radius 3 is 2.61 bits per heavy atom. The van der Waals surface area contributed by atoms with Gasteiger partial charge < -0.3 is 5.32 Å². The first-order chi connectivity index (χ1) is 10.9. The SMILES string of the molecule is Cc1c(Br)cccc1Nc1nccc2c1c(=O)n(C)c(=O)n2C. The molecule has 7 heteroatoms. The zero-order valence-corrected chi connectivity index (χ0v) is 14.5. The van der Waals surface area contributed by atoms with Gasteiger partial charge in [0.25, 0.3) is 5.56 Å². The molecule has 0 amide bonds. The van der Waals surface area contributed by atoms with Crippen LogP contribution in [-0.4, -0.2) is 14.1 Å². The van der Waals surface area contributed by atoms with Gasteiger partial charge in [-0.1, -0.05) is 22.0 Å². The molecule has 118 valence electrons. The van der Waals surface area contributed by atoms with E-state index >= 15 is 0 Å². The normalized spacial score (nSPS) is 11.0. The second-order valence-electron chi connectivity index (χ2n) is 5.30. The highest BCUT2D eigenvalue weighted by Crippen LogP contribution is 2.27. The third kappa shape index (κ3) is 2.46. The number of anilines is 2. The third-order valence-electron chi connectivity index (χ3n) is 3.90. The van der Waals surface area contributed by atoms with Crippen LogP contribution in [0, 0.1) is 6.92 Å². The first-order valence-electron chi connectivity index (χ1n) is 6.98. The lowest BCUT2D eigenvalue weighted by atomic mass is 10.2. The summed E-state index contributed by atoms with van der Waals surface area (Å²) >= 11 is 3.48. The number of aryl methyl sites for hydroxylation is 1. The van der Waals surface area contributed by atoms with Crippen LogP contribution in [0.5, 0.6) is 0 Å². The molecule has 23 heavy (non-hydrogen) atoms. The summed E-state index contributed by atoms with van der Waals surface area (Å²) in [4.78, 5) is 28.9. The van der Waals surface area contributed by atoms with Crippen molar-refractivity contribution in [3.63, 3.8) is 0 Å². The van der Waals surface area contributed by atoms with Crippen molar-refractivity contribution in [1.29, 1.82) is 0 Å². The summed E-state index contributed by atoms with van der Waals surface area (Å²) in [6.45, 7) is 1.96. The number of benzene rings is 1. The minimum atomic E-state index is -0.369. The summed E-state index contributed by atoms with van der Waals surface area (Å²) in [7, 11) is 3.10. The lowest BCUT2D eigenvalue weighted by molar-refractivity contribution is 0.713. The van der Waals surface area contributed by atoms with E-state index < -0.39 is 0 Å². The quantitative estimate of drug-likeness (QED) is 0.747. The zero-order valence-electron chi connectivity index (χ0n) is 12.9. The van der Waals surface area contributed by atoms with Crippen LogP contribution in [0.15, 0.2) is 44.5 Å². The van der Waals surface area contributed by atoms with Gasteiger partial charge in [0.1, 0.15) is 11.2 Å². The highest BCUT2D eigenvalue weighted by Gasteiger charge is 2.14. The molecule has 0 aliphatic carbocycles. The zero-order chi connectivity index (χ0) is 16.7. The fourth-order valence-corrected chi connectivity index (χ4v) is 2.86. The van der Waals surface area contributed by atoms with Crippen molar-refractivity contribution in [2.24, 2.45) is 14.1 Å². The number of nitrogens with one attached hydrogen (secondary N) is 1. The molecule has 0 radical (unpaired) electrons. The minimum absolute atomic E-state index is 0.363. The molecule has 0 aliphatic heterocycles. The van der Waals surface area contributed by atoms with Crippen LogP contribution in [-0.2, 0) is 14.1 Å². The third-order valence-corrected chi connectivity index (χ3v) is 4.76. The van der Waals surface area contributed by atoms with Crippen LogP contribution in [0.25, 0.3) is 10.9 Å². The van der Waals surface area contributed by atoms with Gasteiger partial charge in [-0.2, -0.15) is 0 Å². The fourth-order valence-electron chi connectivity index (χ4n) is 2.49. The minimum Gasteiger partial charge on any atom is -0.339 e.